The Labute approximate surface area is 93.5 Å². The average molecular weight is 234 g/mol. The number of rotatable bonds is 1. The monoisotopic (exact) mass is 234 g/mol. The molecule has 0 spiro atoms. The van der Waals surface area contributed by atoms with Crippen molar-refractivity contribution >= 4 is 35.2 Å². The van der Waals surface area contributed by atoms with Gasteiger partial charge in [-0.1, -0.05) is 24.2 Å². The molecule has 0 aliphatic carbocycles. The fraction of sp³-hybridized carbons (Fsp3) is 0.714. The smallest absolute Gasteiger partial charge is 0.329 e. The van der Waals surface area contributed by atoms with Gasteiger partial charge in [0.15, 0.2) is 0 Å². The summed E-state index contributed by atoms with van der Waals surface area (Å²) in [5.74, 6) is 0. The molecule has 0 bridgehead atoms. The van der Waals surface area contributed by atoms with Crippen LogP contribution >= 0.6 is 24.2 Å². The Kier molecular flexibility index (Phi) is 3.71. The standard InChI is InChI=1S/C7H14N4OS2/c1-5-6(13)10(7(12)9(2)3)8-11(5)14-4/h5,8H,1-4H3. The second kappa shape index (κ2) is 4.43. The van der Waals surface area contributed by atoms with Gasteiger partial charge in [-0.25, -0.2) is 9.80 Å². The van der Waals surface area contributed by atoms with Crippen molar-refractivity contribution in [2.24, 2.45) is 0 Å². The molecule has 2 amide bonds. The van der Waals surface area contributed by atoms with E-state index in [-0.39, 0.29) is 12.1 Å². The lowest BCUT2D eigenvalue weighted by molar-refractivity contribution is 0.164. The highest BCUT2D eigenvalue weighted by atomic mass is 32.2. The van der Waals surface area contributed by atoms with Crippen molar-refractivity contribution in [2.75, 3.05) is 20.4 Å². The van der Waals surface area contributed by atoms with E-state index in [9.17, 15) is 4.79 Å². The first-order valence-electron chi connectivity index (χ1n) is 4.14. The van der Waals surface area contributed by atoms with Gasteiger partial charge in [-0.15, -0.1) is 5.53 Å². The first-order valence-corrected chi connectivity index (χ1v) is 5.73. The van der Waals surface area contributed by atoms with Gasteiger partial charge in [-0.05, 0) is 13.2 Å². The number of carbonyl (C=O) groups is 1. The van der Waals surface area contributed by atoms with Crippen molar-refractivity contribution in [3.63, 3.8) is 0 Å². The van der Waals surface area contributed by atoms with Crippen molar-refractivity contribution in [1.29, 1.82) is 0 Å². The van der Waals surface area contributed by atoms with Crippen LogP contribution in [0.2, 0.25) is 0 Å². The van der Waals surface area contributed by atoms with Gasteiger partial charge in [0.05, 0.1) is 6.04 Å². The Hall–Kier alpha value is -0.370. The number of nitrogens with one attached hydrogen (secondary N) is 1. The maximum atomic E-state index is 11.6. The largest absolute Gasteiger partial charge is 0.340 e. The lowest BCUT2D eigenvalue weighted by atomic mass is 10.4. The average Bonchev–Trinajstić information content (AvgIpc) is 2.43. The molecule has 80 valence electrons. The van der Waals surface area contributed by atoms with Gasteiger partial charge in [0.2, 0.25) is 0 Å². The third-order valence-corrected chi connectivity index (χ3v) is 3.21. The topological polar surface area (TPSA) is 38.8 Å². The van der Waals surface area contributed by atoms with Crippen LogP contribution in [0.4, 0.5) is 4.79 Å². The third kappa shape index (κ3) is 2.00. The number of nitrogens with zero attached hydrogens (tertiary/aromatic N) is 3. The Morgan fingerprint density at radius 1 is 1.64 bits per heavy atom. The van der Waals surface area contributed by atoms with Gasteiger partial charge in [0, 0.05) is 14.1 Å². The number of hydrogen-bond acceptors (Lipinski definition) is 5. The number of carbonyl (C=O) groups excluding carboxylic acids is 1. The number of amides is 2. The quantitative estimate of drug-likeness (QED) is 0.534. The van der Waals surface area contributed by atoms with Crippen molar-refractivity contribution < 1.29 is 4.79 Å². The van der Waals surface area contributed by atoms with E-state index >= 15 is 0 Å². The Bertz CT molecular complexity index is 258. The summed E-state index contributed by atoms with van der Waals surface area (Å²) in [6.45, 7) is 1.95. The summed E-state index contributed by atoms with van der Waals surface area (Å²) >= 11 is 6.66. The summed E-state index contributed by atoms with van der Waals surface area (Å²) in [5, 5.41) is 1.39. The molecule has 7 heteroatoms. The van der Waals surface area contributed by atoms with Gasteiger partial charge < -0.3 is 4.90 Å². The minimum atomic E-state index is -0.154. The summed E-state index contributed by atoms with van der Waals surface area (Å²) in [5.41, 5.74) is 2.92. The first-order chi connectivity index (χ1) is 6.49. The van der Waals surface area contributed by atoms with E-state index in [0.29, 0.717) is 4.99 Å². The van der Waals surface area contributed by atoms with Crippen LogP contribution in [-0.4, -0.2) is 51.7 Å². The van der Waals surface area contributed by atoms with Crippen molar-refractivity contribution in [1.82, 2.24) is 19.9 Å². The fourth-order valence-electron chi connectivity index (χ4n) is 1.06. The minimum Gasteiger partial charge on any atom is -0.329 e. The van der Waals surface area contributed by atoms with Gasteiger partial charge >= 0.3 is 6.03 Å². The van der Waals surface area contributed by atoms with E-state index in [1.165, 1.54) is 21.9 Å². The second-order valence-electron chi connectivity index (χ2n) is 3.13. The molecular formula is C7H14N4OS2. The highest BCUT2D eigenvalue weighted by molar-refractivity contribution is 7.96. The van der Waals surface area contributed by atoms with Crippen molar-refractivity contribution in [3.05, 3.63) is 0 Å². The first kappa shape index (κ1) is 11.7. The lowest BCUT2D eigenvalue weighted by Crippen LogP contribution is -2.46. The van der Waals surface area contributed by atoms with Gasteiger partial charge in [-0.2, -0.15) is 4.41 Å². The van der Waals surface area contributed by atoms with E-state index in [4.69, 9.17) is 12.2 Å². The molecule has 0 aromatic carbocycles. The summed E-state index contributed by atoms with van der Waals surface area (Å²) < 4.78 is 1.84. The van der Waals surface area contributed by atoms with Crippen LogP contribution in [0.25, 0.3) is 0 Å². The summed E-state index contributed by atoms with van der Waals surface area (Å²) in [7, 11) is 3.39. The molecule has 5 nitrogen and oxygen atoms in total. The second-order valence-corrected chi connectivity index (χ2v) is 4.31. The Morgan fingerprint density at radius 3 is 2.57 bits per heavy atom. The molecule has 1 heterocycles. The van der Waals surface area contributed by atoms with Gasteiger partial charge in [-0.3, -0.25) is 0 Å². The summed E-state index contributed by atoms with van der Waals surface area (Å²) in [4.78, 5) is 13.7. The minimum absolute atomic E-state index is 0.0453. The van der Waals surface area contributed by atoms with E-state index < -0.39 is 0 Å². The molecule has 0 saturated carbocycles. The van der Waals surface area contributed by atoms with Gasteiger partial charge in [0.25, 0.3) is 0 Å². The lowest BCUT2D eigenvalue weighted by Gasteiger charge is -2.20. The molecule has 14 heavy (non-hydrogen) atoms. The molecule has 1 atom stereocenters. The molecule has 1 N–H and O–H groups in total. The maximum Gasteiger partial charge on any atom is 0.340 e. The molecule has 1 rings (SSSR count). The Morgan fingerprint density at radius 2 is 2.21 bits per heavy atom. The summed E-state index contributed by atoms with van der Waals surface area (Å²) in [6.07, 6.45) is 1.93. The summed E-state index contributed by atoms with van der Waals surface area (Å²) in [6, 6.07) is -0.109. The van der Waals surface area contributed by atoms with E-state index in [1.807, 2.05) is 17.6 Å². The highest BCUT2D eigenvalue weighted by Crippen LogP contribution is 2.18. The number of hydrogen-bond donors (Lipinski definition) is 1. The third-order valence-electron chi connectivity index (χ3n) is 1.90. The van der Waals surface area contributed by atoms with Crippen LogP contribution in [0.5, 0.6) is 0 Å². The highest BCUT2D eigenvalue weighted by Gasteiger charge is 2.36. The predicted octanol–water partition coefficient (Wildman–Crippen LogP) is 0.699. The number of urea groups is 1. The van der Waals surface area contributed by atoms with Crippen LogP contribution in [0.3, 0.4) is 0 Å². The normalized spacial score (nSPS) is 23.0. The number of hydrazine groups is 2. The maximum absolute atomic E-state index is 11.6. The van der Waals surface area contributed by atoms with Crippen LogP contribution in [-0.2, 0) is 0 Å². The predicted molar refractivity (Wildman–Crippen MR) is 61.5 cm³/mol. The molecule has 0 aromatic rings. The van der Waals surface area contributed by atoms with E-state index in [2.05, 4.69) is 5.53 Å². The van der Waals surface area contributed by atoms with Crippen LogP contribution in [0.15, 0.2) is 0 Å². The zero-order chi connectivity index (χ0) is 10.9. The van der Waals surface area contributed by atoms with Gasteiger partial charge in [0.1, 0.15) is 4.99 Å². The zero-order valence-electron chi connectivity index (χ0n) is 8.64. The van der Waals surface area contributed by atoms with Crippen LogP contribution in [0.1, 0.15) is 6.92 Å². The van der Waals surface area contributed by atoms with Crippen molar-refractivity contribution in [3.8, 4) is 0 Å². The molecule has 1 aliphatic rings. The van der Waals surface area contributed by atoms with Crippen LogP contribution < -0.4 is 5.53 Å². The zero-order valence-corrected chi connectivity index (χ0v) is 10.3. The molecule has 1 fully saturated rings. The fourth-order valence-corrected chi connectivity index (χ4v) is 1.93. The molecular weight excluding hydrogens is 220 g/mol. The van der Waals surface area contributed by atoms with Crippen molar-refractivity contribution in [2.45, 2.75) is 13.0 Å². The molecule has 0 radical (unpaired) electrons. The molecule has 1 unspecified atom stereocenters. The SMILES string of the molecule is CSN1NN(C(=O)N(C)C)C(=S)C1C. The number of thiocarbonyl (C=S) groups is 1. The molecule has 1 saturated heterocycles. The van der Waals surface area contributed by atoms with E-state index in [0.717, 1.165) is 0 Å². The van der Waals surface area contributed by atoms with E-state index in [1.54, 1.807) is 14.1 Å². The Balaban J connectivity index is 2.75. The molecule has 0 aromatic heterocycles. The van der Waals surface area contributed by atoms with Crippen LogP contribution in [0, 0.1) is 0 Å². The molecule has 1 aliphatic heterocycles.